The van der Waals surface area contributed by atoms with Crippen molar-refractivity contribution in [3.05, 3.63) is 32.4 Å². The highest BCUT2D eigenvalue weighted by atomic mass is 127. The molecule has 0 bridgehead atoms. The molecule has 0 aliphatic heterocycles. The van der Waals surface area contributed by atoms with Gasteiger partial charge in [0.2, 0.25) is 0 Å². The van der Waals surface area contributed by atoms with Gasteiger partial charge in [-0.25, -0.2) is 0 Å². The van der Waals surface area contributed by atoms with Gasteiger partial charge in [-0.1, -0.05) is 11.6 Å². The molecule has 0 radical (unpaired) electrons. The van der Waals surface area contributed by atoms with Crippen molar-refractivity contribution < 1.29 is 0 Å². The molecule has 1 aromatic rings. The number of nitrogens with zero attached hydrogens (tertiary/aromatic N) is 1. The first kappa shape index (κ1) is 10.8. The van der Waals surface area contributed by atoms with Crippen LogP contribution in [0, 0.1) is 14.9 Å². The Morgan fingerprint density at radius 2 is 2.23 bits per heavy atom. The lowest BCUT2D eigenvalue weighted by molar-refractivity contribution is 0.748. The normalized spacial score (nSPS) is 12.2. The number of hydrogen-bond donors (Lipinski definition) is 1. The molecule has 0 amide bonds. The minimum absolute atomic E-state index is 0.239. The number of nitrogens with two attached hydrogens (primary N) is 1. The van der Waals surface area contributed by atoms with Crippen LogP contribution in [0.25, 0.3) is 0 Å². The first-order chi connectivity index (χ1) is 6.13. The van der Waals surface area contributed by atoms with Crippen LogP contribution in [0.15, 0.2) is 18.2 Å². The van der Waals surface area contributed by atoms with E-state index in [9.17, 15) is 0 Å². The van der Waals surface area contributed by atoms with Crippen LogP contribution in [-0.4, -0.2) is 0 Å². The summed E-state index contributed by atoms with van der Waals surface area (Å²) in [6, 6.07) is 7.38. The summed E-state index contributed by atoms with van der Waals surface area (Å²) >= 11 is 8.02. The highest BCUT2D eigenvalue weighted by Crippen LogP contribution is 2.21. The summed E-state index contributed by atoms with van der Waals surface area (Å²) in [5, 5.41) is 9.13. The molecule has 1 rings (SSSR count). The van der Waals surface area contributed by atoms with Crippen LogP contribution in [-0.2, 0) is 0 Å². The van der Waals surface area contributed by atoms with Crippen LogP contribution in [0.2, 0.25) is 5.02 Å². The maximum Gasteiger partial charge on any atom is 0.0641 e. The zero-order valence-corrected chi connectivity index (χ0v) is 9.71. The van der Waals surface area contributed by atoms with Crippen molar-refractivity contribution in [3.63, 3.8) is 0 Å². The van der Waals surface area contributed by atoms with Crippen molar-refractivity contribution in [1.82, 2.24) is 0 Å². The van der Waals surface area contributed by atoms with Crippen molar-refractivity contribution in [3.8, 4) is 6.07 Å². The minimum atomic E-state index is -0.239. The van der Waals surface area contributed by atoms with Gasteiger partial charge in [-0.3, -0.25) is 0 Å². The molecule has 0 unspecified atom stereocenters. The Morgan fingerprint density at radius 3 is 2.77 bits per heavy atom. The molecule has 13 heavy (non-hydrogen) atoms. The van der Waals surface area contributed by atoms with Crippen LogP contribution < -0.4 is 5.73 Å². The van der Waals surface area contributed by atoms with Gasteiger partial charge in [0.15, 0.2) is 0 Å². The molecule has 0 aliphatic carbocycles. The third-order valence-corrected chi connectivity index (χ3v) is 2.47. The van der Waals surface area contributed by atoms with Gasteiger partial charge in [0.1, 0.15) is 0 Å². The largest absolute Gasteiger partial charge is 0.323 e. The number of hydrogen-bond acceptors (Lipinski definition) is 2. The summed E-state index contributed by atoms with van der Waals surface area (Å²) < 4.78 is 1.04. The van der Waals surface area contributed by atoms with Crippen LogP contribution in [0.3, 0.4) is 0 Å². The molecule has 0 aliphatic rings. The van der Waals surface area contributed by atoms with Crippen LogP contribution >= 0.6 is 34.2 Å². The monoisotopic (exact) mass is 306 g/mol. The topological polar surface area (TPSA) is 49.8 Å². The average Bonchev–Trinajstić information content (AvgIpc) is 2.03. The van der Waals surface area contributed by atoms with Crippen LogP contribution in [0.5, 0.6) is 0 Å². The quantitative estimate of drug-likeness (QED) is 0.854. The molecule has 4 heteroatoms. The Kier molecular flexibility index (Phi) is 3.97. The van der Waals surface area contributed by atoms with E-state index in [2.05, 4.69) is 22.6 Å². The third kappa shape index (κ3) is 3.14. The zero-order valence-electron chi connectivity index (χ0n) is 6.80. The lowest BCUT2D eigenvalue weighted by Crippen LogP contribution is -2.09. The first-order valence-corrected chi connectivity index (χ1v) is 5.17. The summed E-state index contributed by atoms with van der Waals surface area (Å²) in [5.74, 6) is 0. The number of nitriles is 1. The molecule has 0 saturated carbocycles. The van der Waals surface area contributed by atoms with Crippen molar-refractivity contribution in [2.75, 3.05) is 0 Å². The summed E-state index contributed by atoms with van der Waals surface area (Å²) in [4.78, 5) is 0. The van der Waals surface area contributed by atoms with Gasteiger partial charge < -0.3 is 5.73 Å². The molecular formula is C9H8ClIN2. The highest BCUT2D eigenvalue weighted by Gasteiger charge is 2.06. The molecule has 2 nitrogen and oxygen atoms in total. The molecule has 0 heterocycles. The van der Waals surface area contributed by atoms with E-state index >= 15 is 0 Å². The second kappa shape index (κ2) is 4.80. The fourth-order valence-electron chi connectivity index (χ4n) is 1.01. The Balaban J connectivity index is 2.95. The van der Waals surface area contributed by atoms with Crippen LogP contribution in [0.4, 0.5) is 0 Å². The average molecular weight is 307 g/mol. The fourth-order valence-corrected chi connectivity index (χ4v) is 2.13. The van der Waals surface area contributed by atoms with Gasteiger partial charge in [0.25, 0.3) is 0 Å². The number of halogens is 2. The standard InChI is InChI=1S/C9H8ClIN2/c10-7-3-6(4-8(11)5-7)9(13)1-2-12/h3-5,9H,1,13H2/t9-/m1/s1. The van der Waals surface area contributed by atoms with E-state index in [-0.39, 0.29) is 6.04 Å². The van der Waals surface area contributed by atoms with Gasteiger partial charge in [0, 0.05) is 14.6 Å². The highest BCUT2D eigenvalue weighted by molar-refractivity contribution is 14.1. The zero-order chi connectivity index (χ0) is 9.84. The van der Waals surface area contributed by atoms with Gasteiger partial charge in [0.05, 0.1) is 12.5 Å². The van der Waals surface area contributed by atoms with Gasteiger partial charge in [-0.05, 0) is 46.4 Å². The van der Waals surface area contributed by atoms with Crippen molar-refractivity contribution in [2.45, 2.75) is 12.5 Å². The van der Waals surface area contributed by atoms with E-state index in [1.165, 1.54) is 0 Å². The smallest absolute Gasteiger partial charge is 0.0641 e. The number of rotatable bonds is 2. The predicted octanol–water partition coefficient (Wildman–Crippen LogP) is 2.86. The minimum Gasteiger partial charge on any atom is -0.323 e. The molecule has 68 valence electrons. The van der Waals surface area contributed by atoms with E-state index in [0.29, 0.717) is 11.4 Å². The molecule has 0 saturated heterocycles. The van der Waals surface area contributed by atoms with E-state index in [1.54, 1.807) is 6.07 Å². The van der Waals surface area contributed by atoms with E-state index in [0.717, 1.165) is 9.13 Å². The summed E-state index contributed by atoms with van der Waals surface area (Å²) in [5.41, 5.74) is 6.67. The first-order valence-electron chi connectivity index (χ1n) is 3.72. The number of benzene rings is 1. The molecular weight excluding hydrogens is 298 g/mol. The van der Waals surface area contributed by atoms with E-state index in [1.807, 2.05) is 18.2 Å². The molecule has 1 aromatic carbocycles. The second-order valence-electron chi connectivity index (χ2n) is 2.67. The Bertz CT molecular complexity index is 326. The molecule has 0 fully saturated rings. The molecule has 0 spiro atoms. The molecule has 0 aromatic heterocycles. The SMILES string of the molecule is N#CC[C@@H](N)c1cc(Cl)cc(I)c1. The van der Waals surface area contributed by atoms with Crippen molar-refractivity contribution in [1.29, 1.82) is 5.26 Å². The van der Waals surface area contributed by atoms with Crippen molar-refractivity contribution >= 4 is 34.2 Å². The van der Waals surface area contributed by atoms with E-state index < -0.39 is 0 Å². The maximum absolute atomic E-state index is 8.47. The Hall–Kier alpha value is -0.310. The predicted molar refractivity (Wildman–Crippen MR) is 61.3 cm³/mol. The summed E-state index contributed by atoms with van der Waals surface area (Å²) in [7, 11) is 0. The molecule has 1 atom stereocenters. The lowest BCUT2D eigenvalue weighted by atomic mass is 10.1. The summed E-state index contributed by atoms with van der Waals surface area (Å²) in [6.07, 6.45) is 0.316. The third-order valence-electron chi connectivity index (χ3n) is 1.62. The van der Waals surface area contributed by atoms with E-state index in [4.69, 9.17) is 22.6 Å². The van der Waals surface area contributed by atoms with Crippen LogP contribution in [0.1, 0.15) is 18.0 Å². The van der Waals surface area contributed by atoms with Crippen molar-refractivity contribution in [2.24, 2.45) is 5.73 Å². The maximum atomic E-state index is 8.47. The fraction of sp³-hybridized carbons (Fsp3) is 0.222. The molecule has 2 N–H and O–H groups in total. The Morgan fingerprint density at radius 1 is 1.54 bits per heavy atom. The summed E-state index contributed by atoms with van der Waals surface area (Å²) in [6.45, 7) is 0. The lowest BCUT2D eigenvalue weighted by Gasteiger charge is -2.08. The van der Waals surface area contributed by atoms with Gasteiger partial charge in [-0.2, -0.15) is 5.26 Å². The van der Waals surface area contributed by atoms with Gasteiger partial charge >= 0.3 is 0 Å². The Labute approximate surface area is 95.8 Å². The van der Waals surface area contributed by atoms with Gasteiger partial charge in [-0.15, -0.1) is 0 Å². The second-order valence-corrected chi connectivity index (χ2v) is 4.35.